The lowest BCUT2D eigenvalue weighted by Gasteiger charge is -2.37. The van der Waals surface area contributed by atoms with E-state index in [4.69, 9.17) is 9.47 Å². The number of carbonyl (C=O) groups excluding carboxylic acids is 1. The van der Waals surface area contributed by atoms with Crippen molar-refractivity contribution in [2.45, 2.75) is 46.1 Å². The van der Waals surface area contributed by atoms with E-state index in [0.29, 0.717) is 19.7 Å². The SMILES string of the molecule is CCOc1ccccc1N1CCN(C(=O)[C@H](C)Oc2ccc(C(C)(C)C)cc2)CC1. The van der Waals surface area contributed by atoms with E-state index in [1.165, 1.54) is 5.56 Å². The molecule has 0 radical (unpaired) electrons. The molecule has 2 aromatic rings. The van der Waals surface area contributed by atoms with Crippen molar-refractivity contribution in [3.05, 3.63) is 54.1 Å². The number of hydrogen-bond donors (Lipinski definition) is 0. The number of ether oxygens (including phenoxy) is 2. The minimum atomic E-state index is -0.507. The zero-order valence-corrected chi connectivity index (χ0v) is 18.9. The fourth-order valence-electron chi connectivity index (χ4n) is 3.71. The first-order valence-corrected chi connectivity index (χ1v) is 10.8. The van der Waals surface area contributed by atoms with Gasteiger partial charge in [0.1, 0.15) is 11.5 Å². The first-order chi connectivity index (χ1) is 14.3. The van der Waals surface area contributed by atoms with Gasteiger partial charge in [-0.25, -0.2) is 0 Å². The van der Waals surface area contributed by atoms with Gasteiger partial charge in [0, 0.05) is 26.2 Å². The molecule has 0 N–H and O–H groups in total. The lowest BCUT2D eigenvalue weighted by molar-refractivity contribution is -0.138. The Morgan fingerprint density at radius 3 is 2.23 bits per heavy atom. The van der Waals surface area contributed by atoms with Crippen molar-refractivity contribution in [1.29, 1.82) is 0 Å². The molecule has 0 aliphatic carbocycles. The topological polar surface area (TPSA) is 42.0 Å². The van der Waals surface area contributed by atoms with Gasteiger partial charge in [-0.15, -0.1) is 0 Å². The van der Waals surface area contributed by atoms with Crippen LogP contribution in [0.4, 0.5) is 5.69 Å². The molecule has 1 atom stereocenters. The van der Waals surface area contributed by atoms with Crippen LogP contribution < -0.4 is 14.4 Å². The van der Waals surface area contributed by atoms with E-state index < -0.39 is 6.10 Å². The summed E-state index contributed by atoms with van der Waals surface area (Å²) in [6.45, 7) is 13.9. The highest BCUT2D eigenvalue weighted by Gasteiger charge is 2.27. The number of nitrogens with zero attached hydrogens (tertiary/aromatic N) is 2. The molecule has 1 saturated heterocycles. The molecule has 2 aromatic carbocycles. The average molecular weight is 411 g/mol. The summed E-state index contributed by atoms with van der Waals surface area (Å²) in [6, 6.07) is 16.1. The van der Waals surface area contributed by atoms with Crippen LogP contribution in [0, 0.1) is 0 Å². The first-order valence-electron chi connectivity index (χ1n) is 10.8. The second kappa shape index (κ2) is 9.41. The molecular weight excluding hydrogens is 376 g/mol. The Balaban J connectivity index is 1.56. The number of benzene rings is 2. The van der Waals surface area contributed by atoms with E-state index in [0.717, 1.165) is 30.3 Å². The van der Waals surface area contributed by atoms with Crippen LogP contribution in [0.5, 0.6) is 11.5 Å². The zero-order chi connectivity index (χ0) is 21.7. The number of rotatable bonds is 6. The fraction of sp³-hybridized carbons (Fsp3) is 0.480. The maximum atomic E-state index is 12.9. The van der Waals surface area contributed by atoms with Gasteiger partial charge in [-0.2, -0.15) is 0 Å². The lowest BCUT2D eigenvalue weighted by Crippen LogP contribution is -2.52. The number of piperazine rings is 1. The molecule has 0 saturated carbocycles. The second-order valence-electron chi connectivity index (χ2n) is 8.75. The fourth-order valence-corrected chi connectivity index (χ4v) is 3.71. The van der Waals surface area contributed by atoms with Crippen molar-refractivity contribution in [3.63, 3.8) is 0 Å². The molecule has 0 unspecified atom stereocenters. The summed E-state index contributed by atoms with van der Waals surface area (Å²) >= 11 is 0. The van der Waals surface area contributed by atoms with Crippen molar-refractivity contribution >= 4 is 11.6 Å². The predicted molar refractivity (Wildman–Crippen MR) is 122 cm³/mol. The molecular formula is C25H34N2O3. The van der Waals surface area contributed by atoms with Crippen LogP contribution in [-0.2, 0) is 10.2 Å². The number of hydrogen-bond acceptors (Lipinski definition) is 4. The maximum Gasteiger partial charge on any atom is 0.263 e. The third kappa shape index (κ3) is 5.26. The molecule has 5 nitrogen and oxygen atoms in total. The maximum absolute atomic E-state index is 12.9. The largest absolute Gasteiger partial charge is 0.492 e. The molecule has 3 rings (SSSR count). The van der Waals surface area contributed by atoms with Crippen LogP contribution in [0.3, 0.4) is 0 Å². The Morgan fingerprint density at radius 2 is 1.63 bits per heavy atom. The Kier molecular flexibility index (Phi) is 6.91. The predicted octanol–water partition coefficient (Wildman–Crippen LogP) is 4.50. The molecule has 0 aromatic heterocycles. The minimum absolute atomic E-state index is 0.0349. The summed E-state index contributed by atoms with van der Waals surface area (Å²) in [4.78, 5) is 17.1. The average Bonchev–Trinajstić information content (AvgIpc) is 2.74. The summed E-state index contributed by atoms with van der Waals surface area (Å²) in [5.41, 5.74) is 2.44. The highest BCUT2D eigenvalue weighted by Crippen LogP contribution is 2.29. The standard InChI is InChI=1S/C25H34N2O3/c1-6-29-23-10-8-7-9-22(23)26-15-17-27(18-16-26)24(28)19(2)30-21-13-11-20(12-14-21)25(3,4)5/h7-14,19H,6,15-18H2,1-5H3/t19-/m0/s1. The van der Waals surface area contributed by atoms with Crippen LogP contribution >= 0.6 is 0 Å². The molecule has 5 heteroatoms. The Bertz CT molecular complexity index is 834. The van der Waals surface area contributed by atoms with Crippen LogP contribution in [0.25, 0.3) is 0 Å². The molecule has 1 aliphatic rings. The van der Waals surface area contributed by atoms with Crippen LogP contribution in [0.2, 0.25) is 0 Å². The van der Waals surface area contributed by atoms with E-state index in [-0.39, 0.29) is 11.3 Å². The summed E-state index contributed by atoms with van der Waals surface area (Å²) in [5.74, 6) is 1.66. The second-order valence-corrected chi connectivity index (χ2v) is 8.75. The Labute approximate surface area is 180 Å². The molecule has 162 valence electrons. The lowest BCUT2D eigenvalue weighted by atomic mass is 9.87. The van der Waals surface area contributed by atoms with Crippen molar-refractivity contribution < 1.29 is 14.3 Å². The van der Waals surface area contributed by atoms with Gasteiger partial charge in [-0.05, 0) is 49.1 Å². The molecule has 1 fully saturated rings. The van der Waals surface area contributed by atoms with Crippen molar-refractivity contribution in [2.75, 3.05) is 37.7 Å². The van der Waals surface area contributed by atoms with E-state index in [1.807, 2.05) is 49.1 Å². The summed E-state index contributed by atoms with van der Waals surface area (Å²) < 4.78 is 11.7. The van der Waals surface area contributed by atoms with Crippen molar-refractivity contribution in [1.82, 2.24) is 4.90 Å². The Hall–Kier alpha value is -2.69. The number of carbonyl (C=O) groups is 1. The van der Waals surface area contributed by atoms with Crippen LogP contribution in [-0.4, -0.2) is 49.7 Å². The van der Waals surface area contributed by atoms with Crippen LogP contribution in [0.15, 0.2) is 48.5 Å². The third-order valence-corrected chi connectivity index (χ3v) is 5.48. The summed E-state index contributed by atoms with van der Waals surface area (Å²) in [6.07, 6.45) is -0.507. The summed E-state index contributed by atoms with van der Waals surface area (Å²) in [5, 5.41) is 0. The van der Waals surface area contributed by atoms with Gasteiger partial charge in [-0.1, -0.05) is 45.0 Å². The highest BCUT2D eigenvalue weighted by atomic mass is 16.5. The number of anilines is 1. The van der Waals surface area contributed by atoms with Gasteiger partial charge in [0.05, 0.1) is 12.3 Å². The smallest absolute Gasteiger partial charge is 0.263 e. The number of amides is 1. The molecule has 1 amide bonds. The zero-order valence-electron chi connectivity index (χ0n) is 18.9. The van der Waals surface area contributed by atoms with Gasteiger partial charge in [0.15, 0.2) is 6.10 Å². The quantitative estimate of drug-likeness (QED) is 0.703. The molecule has 1 aliphatic heterocycles. The van der Waals surface area contributed by atoms with E-state index in [9.17, 15) is 4.79 Å². The van der Waals surface area contributed by atoms with Gasteiger partial charge >= 0.3 is 0 Å². The van der Waals surface area contributed by atoms with Gasteiger partial charge in [0.25, 0.3) is 5.91 Å². The van der Waals surface area contributed by atoms with Crippen molar-refractivity contribution in [3.8, 4) is 11.5 Å². The monoisotopic (exact) mass is 410 g/mol. The normalized spacial score (nSPS) is 15.6. The van der Waals surface area contributed by atoms with E-state index >= 15 is 0 Å². The summed E-state index contributed by atoms with van der Waals surface area (Å²) in [7, 11) is 0. The van der Waals surface area contributed by atoms with E-state index in [1.54, 1.807) is 0 Å². The Morgan fingerprint density at radius 1 is 1.00 bits per heavy atom. The molecule has 0 spiro atoms. The van der Waals surface area contributed by atoms with Crippen LogP contribution in [0.1, 0.15) is 40.2 Å². The third-order valence-electron chi connectivity index (χ3n) is 5.48. The van der Waals surface area contributed by atoms with Gasteiger partial charge < -0.3 is 19.3 Å². The molecule has 0 bridgehead atoms. The highest BCUT2D eigenvalue weighted by molar-refractivity contribution is 5.81. The van der Waals surface area contributed by atoms with Gasteiger partial charge in [0.2, 0.25) is 0 Å². The molecule has 30 heavy (non-hydrogen) atoms. The molecule has 1 heterocycles. The van der Waals surface area contributed by atoms with Crippen molar-refractivity contribution in [2.24, 2.45) is 0 Å². The van der Waals surface area contributed by atoms with Gasteiger partial charge in [-0.3, -0.25) is 4.79 Å². The minimum Gasteiger partial charge on any atom is -0.492 e. The number of para-hydroxylation sites is 2. The first kappa shape index (κ1) is 22.0. The van der Waals surface area contributed by atoms with E-state index in [2.05, 4.69) is 43.9 Å².